The Morgan fingerprint density at radius 3 is 2.56 bits per heavy atom. The SMILES string of the molecule is CCc1ccc(C(C)NC(=O)CSc2n[nH]c(-c3ccc(Cl)cc3)n2)cc1. The molecule has 0 radical (unpaired) electrons. The van der Waals surface area contributed by atoms with Crippen LogP contribution in [0.3, 0.4) is 0 Å². The van der Waals surface area contributed by atoms with Crippen molar-refractivity contribution in [3.63, 3.8) is 0 Å². The third-order valence-corrected chi connectivity index (χ3v) is 5.28. The number of aromatic nitrogens is 3. The average molecular weight is 401 g/mol. The predicted molar refractivity (Wildman–Crippen MR) is 110 cm³/mol. The van der Waals surface area contributed by atoms with E-state index in [-0.39, 0.29) is 17.7 Å². The molecule has 0 saturated carbocycles. The Morgan fingerprint density at radius 2 is 1.89 bits per heavy atom. The monoisotopic (exact) mass is 400 g/mol. The minimum atomic E-state index is -0.0510. The van der Waals surface area contributed by atoms with Crippen molar-refractivity contribution in [2.45, 2.75) is 31.5 Å². The van der Waals surface area contributed by atoms with Crippen LogP contribution in [0.25, 0.3) is 11.4 Å². The molecule has 2 N–H and O–H groups in total. The van der Waals surface area contributed by atoms with Gasteiger partial charge in [0.1, 0.15) is 0 Å². The second-order valence-corrected chi connectivity index (χ2v) is 7.53. The summed E-state index contributed by atoms with van der Waals surface area (Å²) in [5.41, 5.74) is 3.27. The van der Waals surface area contributed by atoms with Crippen molar-refractivity contribution in [3.8, 4) is 11.4 Å². The lowest BCUT2D eigenvalue weighted by Gasteiger charge is -2.14. The van der Waals surface area contributed by atoms with Crippen molar-refractivity contribution < 1.29 is 4.79 Å². The van der Waals surface area contributed by atoms with Gasteiger partial charge in [-0.1, -0.05) is 54.6 Å². The number of thioether (sulfide) groups is 1. The lowest BCUT2D eigenvalue weighted by atomic mass is 10.1. The van der Waals surface area contributed by atoms with E-state index in [1.54, 1.807) is 12.1 Å². The van der Waals surface area contributed by atoms with Crippen molar-refractivity contribution >= 4 is 29.3 Å². The van der Waals surface area contributed by atoms with Gasteiger partial charge < -0.3 is 5.32 Å². The number of amides is 1. The Labute approximate surface area is 167 Å². The minimum absolute atomic E-state index is 0.0409. The number of halogens is 1. The molecule has 1 amide bonds. The van der Waals surface area contributed by atoms with Gasteiger partial charge in [-0.15, -0.1) is 5.10 Å². The van der Waals surface area contributed by atoms with Gasteiger partial charge in [-0.2, -0.15) is 0 Å². The maximum absolute atomic E-state index is 12.2. The van der Waals surface area contributed by atoms with E-state index >= 15 is 0 Å². The minimum Gasteiger partial charge on any atom is -0.349 e. The number of hydrogen-bond donors (Lipinski definition) is 2. The molecule has 0 aliphatic rings. The first kappa shape index (κ1) is 19.5. The fourth-order valence-electron chi connectivity index (χ4n) is 2.59. The van der Waals surface area contributed by atoms with E-state index in [0.29, 0.717) is 16.0 Å². The zero-order valence-corrected chi connectivity index (χ0v) is 16.8. The molecular formula is C20H21ClN4OS. The van der Waals surface area contributed by atoms with Gasteiger partial charge in [0, 0.05) is 10.6 Å². The third-order valence-electron chi connectivity index (χ3n) is 4.18. The topological polar surface area (TPSA) is 70.7 Å². The van der Waals surface area contributed by atoms with Crippen molar-refractivity contribution in [1.82, 2.24) is 20.5 Å². The number of nitrogens with one attached hydrogen (secondary N) is 2. The summed E-state index contributed by atoms with van der Waals surface area (Å²) in [5.74, 6) is 0.860. The number of benzene rings is 2. The number of H-pyrrole nitrogens is 1. The van der Waals surface area contributed by atoms with Gasteiger partial charge >= 0.3 is 0 Å². The molecule has 2 aromatic carbocycles. The maximum Gasteiger partial charge on any atom is 0.230 e. The van der Waals surface area contributed by atoms with Crippen LogP contribution >= 0.6 is 23.4 Å². The van der Waals surface area contributed by atoms with Crippen molar-refractivity contribution in [1.29, 1.82) is 0 Å². The smallest absolute Gasteiger partial charge is 0.230 e. The molecule has 1 heterocycles. The standard InChI is InChI=1S/C20H21ClN4OS/c1-3-14-4-6-15(7-5-14)13(2)22-18(26)12-27-20-23-19(24-25-20)16-8-10-17(21)11-9-16/h4-11,13H,3,12H2,1-2H3,(H,22,26)(H,23,24,25). The van der Waals surface area contributed by atoms with Gasteiger partial charge in [0.25, 0.3) is 0 Å². The molecule has 1 aromatic heterocycles. The number of aryl methyl sites for hydroxylation is 1. The number of nitrogens with zero attached hydrogens (tertiary/aromatic N) is 2. The van der Waals surface area contributed by atoms with Gasteiger partial charge in [0.15, 0.2) is 5.82 Å². The Kier molecular flexibility index (Phi) is 6.53. The van der Waals surface area contributed by atoms with E-state index in [2.05, 4.69) is 51.7 Å². The summed E-state index contributed by atoms with van der Waals surface area (Å²) in [4.78, 5) is 16.6. The summed E-state index contributed by atoms with van der Waals surface area (Å²) >= 11 is 7.19. The Hall–Kier alpha value is -2.31. The fourth-order valence-corrected chi connectivity index (χ4v) is 3.32. The first-order valence-electron chi connectivity index (χ1n) is 8.74. The Bertz CT molecular complexity index is 893. The molecule has 0 saturated heterocycles. The lowest BCUT2D eigenvalue weighted by Crippen LogP contribution is -2.28. The normalized spacial score (nSPS) is 12.0. The van der Waals surface area contributed by atoms with Gasteiger partial charge in [-0.3, -0.25) is 9.89 Å². The van der Waals surface area contributed by atoms with E-state index in [1.807, 2.05) is 19.1 Å². The van der Waals surface area contributed by atoms with Gasteiger partial charge in [0.2, 0.25) is 11.1 Å². The van der Waals surface area contributed by atoms with Crippen molar-refractivity contribution in [2.75, 3.05) is 5.75 Å². The Balaban J connectivity index is 1.52. The van der Waals surface area contributed by atoms with Gasteiger partial charge in [0.05, 0.1) is 11.8 Å². The molecule has 3 aromatic rings. The first-order chi connectivity index (χ1) is 13.0. The van der Waals surface area contributed by atoms with Gasteiger partial charge in [-0.25, -0.2) is 4.98 Å². The number of carbonyl (C=O) groups is 1. The molecule has 27 heavy (non-hydrogen) atoms. The largest absolute Gasteiger partial charge is 0.349 e. The summed E-state index contributed by atoms with van der Waals surface area (Å²) < 4.78 is 0. The zero-order valence-electron chi connectivity index (χ0n) is 15.2. The summed E-state index contributed by atoms with van der Waals surface area (Å²) in [6.07, 6.45) is 1.01. The highest BCUT2D eigenvalue weighted by Crippen LogP contribution is 2.21. The fraction of sp³-hybridized carbons (Fsp3) is 0.250. The van der Waals surface area contributed by atoms with Crippen LogP contribution in [0.5, 0.6) is 0 Å². The van der Waals surface area contributed by atoms with Crippen LogP contribution in [0.1, 0.15) is 31.0 Å². The average Bonchev–Trinajstić information content (AvgIpc) is 3.16. The second kappa shape index (κ2) is 9.06. The molecule has 0 spiro atoms. The van der Waals surface area contributed by atoms with Crippen LogP contribution in [-0.2, 0) is 11.2 Å². The summed E-state index contributed by atoms with van der Waals surface area (Å²) in [5, 5.41) is 11.3. The maximum atomic E-state index is 12.2. The molecule has 0 bridgehead atoms. The van der Waals surface area contributed by atoms with E-state index in [0.717, 1.165) is 17.5 Å². The van der Waals surface area contributed by atoms with Gasteiger partial charge in [-0.05, 0) is 48.7 Å². The van der Waals surface area contributed by atoms with E-state index in [4.69, 9.17) is 11.6 Å². The molecule has 0 aliphatic carbocycles. The van der Waals surface area contributed by atoms with Crippen LogP contribution in [0.2, 0.25) is 5.02 Å². The lowest BCUT2D eigenvalue weighted by molar-refractivity contribution is -0.119. The highest BCUT2D eigenvalue weighted by molar-refractivity contribution is 7.99. The Morgan fingerprint density at radius 1 is 1.19 bits per heavy atom. The van der Waals surface area contributed by atoms with Crippen molar-refractivity contribution in [2.24, 2.45) is 0 Å². The quantitative estimate of drug-likeness (QED) is 0.566. The summed E-state index contributed by atoms with van der Waals surface area (Å²) in [6, 6.07) is 15.6. The highest BCUT2D eigenvalue weighted by Gasteiger charge is 2.12. The summed E-state index contributed by atoms with van der Waals surface area (Å²) in [6.45, 7) is 4.10. The van der Waals surface area contributed by atoms with E-state index < -0.39 is 0 Å². The third kappa shape index (κ3) is 5.34. The zero-order chi connectivity index (χ0) is 19.2. The number of rotatable bonds is 7. The molecule has 3 rings (SSSR count). The molecule has 140 valence electrons. The molecule has 0 aliphatic heterocycles. The van der Waals surface area contributed by atoms with E-state index in [1.165, 1.54) is 17.3 Å². The molecule has 1 atom stereocenters. The van der Waals surface area contributed by atoms with Crippen LogP contribution in [0.4, 0.5) is 0 Å². The van der Waals surface area contributed by atoms with Crippen LogP contribution in [-0.4, -0.2) is 26.8 Å². The van der Waals surface area contributed by atoms with Crippen LogP contribution in [0.15, 0.2) is 53.7 Å². The van der Waals surface area contributed by atoms with E-state index in [9.17, 15) is 4.79 Å². The summed E-state index contributed by atoms with van der Waals surface area (Å²) in [7, 11) is 0. The number of hydrogen-bond acceptors (Lipinski definition) is 4. The highest BCUT2D eigenvalue weighted by atomic mass is 35.5. The number of aromatic amines is 1. The van der Waals surface area contributed by atoms with Crippen LogP contribution in [0, 0.1) is 0 Å². The van der Waals surface area contributed by atoms with Crippen molar-refractivity contribution in [3.05, 3.63) is 64.7 Å². The van der Waals surface area contributed by atoms with Crippen LogP contribution < -0.4 is 5.32 Å². The molecule has 1 unspecified atom stereocenters. The second-order valence-electron chi connectivity index (χ2n) is 6.15. The molecule has 5 nitrogen and oxygen atoms in total. The predicted octanol–water partition coefficient (Wildman–Crippen LogP) is 4.66. The molecule has 0 fully saturated rings. The molecular weight excluding hydrogens is 380 g/mol. The number of carbonyl (C=O) groups excluding carboxylic acids is 1. The molecule has 7 heteroatoms. The first-order valence-corrected chi connectivity index (χ1v) is 10.1.